The van der Waals surface area contributed by atoms with Crippen molar-refractivity contribution in [2.45, 2.75) is 0 Å². The number of anilines is 1. The summed E-state index contributed by atoms with van der Waals surface area (Å²) in [6, 6.07) is 7.95. The Morgan fingerprint density at radius 3 is 2.58 bits per heavy atom. The second-order valence-electron chi connectivity index (χ2n) is 2.90. The smallest absolute Gasteiger partial charge is 0.0683 e. The van der Waals surface area contributed by atoms with Crippen LogP contribution in [0.4, 0.5) is 5.69 Å². The van der Waals surface area contributed by atoms with E-state index in [4.69, 9.17) is 11.6 Å². The summed E-state index contributed by atoms with van der Waals surface area (Å²) in [4.78, 5) is 2.29. The standard InChI is InChI=1S/C9H11ClN2/c10-8-1-3-9(4-2-8)12-6-5-11-7-12/h1-4,11H,5-7H2. The summed E-state index contributed by atoms with van der Waals surface area (Å²) in [6.45, 7) is 3.10. The predicted octanol–water partition coefficient (Wildman–Crippen LogP) is 1.71. The molecule has 0 atom stereocenters. The molecule has 1 N–H and O–H groups in total. The largest absolute Gasteiger partial charge is 0.357 e. The van der Waals surface area contributed by atoms with Gasteiger partial charge in [-0.15, -0.1) is 0 Å². The highest BCUT2D eigenvalue weighted by Gasteiger charge is 2.10. The second-order valence-corrected chi connectivity index (χ2v) is 3.33. The van der Waals surface area contributed by atoms with Crippen molar-refractivity contribution < 1.29 is 0 Å². The molecule has 0 unspecified atom stereocenters. The van der Waals surface area contributed by atoms with Gasteiger partial charge in [-0.2, -0.15) is 0 Å². The van der Waals surface area contributed by atoms with E-state index >= 15 is 0 Å². The van der Waals surface area contributed by atoms with Crippen LogP contribution < -0.4 is 10.2 Å². The van der Waals surface area contributed by atoms with Crippen molar-refractivity contribution >= 4 is 17.3 Å². The number of halogens is 1. The summed E-state index contributed by atoms with van der Waals surface area (Å²) >= 11 is 5.78. The van der Waals surface area contributed by atoms with Crippen LogP contribution in [0.5, 0.6) is 0 Å². The van der Waals surface area contributed by atoms with Gasteiger partial charge in [0, 0.05) is 23.8 Å². The van der Waals surface area contributed by atoms with E-state index in [1.807, 2.05) is 12.1 Å². The summed E-state index contributed by atoms with van der Waals surface area (Å²) in [5.74, 6) is 0. The maximum atomic E-state index is 5.78. The van der Waals surface area contributed by atoms with E-state index < -0.39 is 0 Å². The number of hydrogen-bond acceptors (Lipinski definition) is 2. The fraction of sp³-hybridized carbons (Fsp3) is 0.333. The zero-order valence-corrected chi connectivity index (χ0v) is 7.51. The molecule has 3 heteroatoms. The molecular weight excluding hydrogens is 172 g/mol. The summed E-state index contributed by atoms with van der Waals surface area (Å²) in [6.07, 6.45) is 0. The molecule has 1 heterocycles. The molecule has 2 rings (SSSR count). The normalized spacial score (nSPS) is 16.9. The molecule has 1 aliphatic rings. The molecule has 0 aliphatic carbocycles. The number of benzene rings is 1. The molecule has 1 fully saturated rings. The first kappa shape index (κ1) is 7.90. The lowest BCUT2D eigenvalue weighted by molar-refractivity contribution is 0.855. The third-order valence-corrected chi connectivity index (χ3v) is 2.30. The third kappa shape index (κ3) is 1.54. The highest BCUT2D eigenvalue weighted by Crippen LogP contribution is 2.18. The molecule has 0 aromatic heterocycles. The Morgan fingerprint density at radius 1 is 1.25 bits per heavy atom. The average molecular weight is 183 g/mol. The van der Waals surface area contributed by atoms with Gasteiger partial charge in [-0.25, -0.2) is 0 Å². The molecule has 64 valence electrons. The minimum Gasteiger partial charge on any atom is -0.357 e. The highest BCUT2D eigenvalue weighted by atomic mass is 35.5. The number of hydrogen-bond donors (Lipinski definition) is 1. The van der Waals surface area contributed by atoms with Gasteiger partial charge in [0.05, 0.1) is 6.67 Å². The van der Waals surface area contributed by atoms with Gasteiger partial charge in [0.2, 0.25) is 0 Å². The second kappa shape index (κ2) is 3.33. The van der Waals surface area contributed by atoms with Crippen molar-refractivity contribution in [1.82, 2.24) is 5.32 Å². The Morgan fingerprint density at radius 2 is 2.00 bits per heavy atom. The number of rotatable bonds is 1. The maximum Gasteiger partial charge on any atom is 0.0683 e. The zero-order valence-electron chi connectivity index (χ0n) is 6.76. The zero-order chi connectivity index (χ0) is 8.39. The van der Waals surface area contributed by atoms with Gasteiger partial charge < -0.3 is 4.90 Å². The van der Waals surface area contributed by atoms with Crippen molar-refractivity contribution in [2.75, 3.05) is 24.7 Å². The summed E-state index contributed by atoms with van der Waals surface area (Å²) in [5.41, 5.74) is 1.24. The van der Waals surface area contributed by atoms with Gasteiger partial charge in [-0.05, 0) is 24.3 Å². The van der Waals surface area contributed by atoms with Crippen molar-refractivity contribution in [1.29, 1.82) is 0 Å². The molecule has 1 saturated heterocycles. The maximum absolute atomic E-state index is 5.78. The Labute approximate surface area is 77.1 Å². The molecule has 1 aliphatic heterocycles. The van der Waals surface area contributed by atoms with E-state index in [1.54, 1.807) is 0 Å². The predicted molar refractivity (Wildman–Crippen MR) is 51.7 cm³/mol. The highest BCUT2D eigenvalue weighted by molar-refractivity contribution is 6.30. The first-order valence-electron chi connectivity index (χ1n) is 4.07. The van der Waals surface area contributed by atoms with Gasteiger partial charge in [0.25, 0.3) is 0 Å². The molecule has 2 nitrogen and oxygen atoms in total. The number of nitrogens with one attached hydrogen (secondary N) is 1. The van der Waals surface area contributed by atoms with Gasteiger partial charge in [0.15, 0.2) is 0 Å². The van der Waals surface area contributed by atoms with Crippen molar-refractivity contribution in [3.8, 4) is 0 Å². The Balaban J connectivity index is 2.17. The molecule has 0 bridgehead atoms. The molecule has 0 saturated carbocycles. The average Bonchev–Trinajstić information content (AvgIpc) is 2.58. The molecule has 12 heavy (non-hydrogen) atoms. The van der Waals surface area contributed by atoms with Crippen LogP contribution in [0.2, 0.25) is 5.02 Å². The molecule has 0 radical (unpaired) electrons. The molecular formula is C9H11ClN2. The summed E-state index contributed by atoms with van der Waals surface area (Å²) in [5, 5.41) is 4.08. The molecule has 1 aromatic carbocycles. The monoisotopic (exact) mass is 182 g/mol. The lowest BCUT2D eigenvalue weighted by Crippen LogP contribution is -2.20. The van der Waals surface area contributed by atoms with Crippen LogP contribution >= 0.6 is 11.6 Å². The van der Waals surface area contributed by atoms with E-state index in [1.165, 1.54) is 5.69 Å². The van der Waals surface area contributed by atoms with Crippen molar-refractivity contribution in [2.24, 2.45) is 0 Å². The van der Waals surface area contributed by atoms with Crippen molar-refractivity contribution in [3.05, 3.63) is 29.3 Å². The van der Waals surface area contributed by atoms with Crippen LogP contribution in [0.15, 0.2) is 24.3 Å². The van der Waals surface area contributed by atoms with Gasteiger partial charge >= 0.3 is 0 Å². The fourth-order valence-electron chi connectivity index (χ4n) is 1.38. The first-order chi connectivity index (χ1) is 5.86. The van der Waals surface area contributed by atoms with Crippen LogP contribution in [-0.2, 0) is 0 Å². The SMILES string of the molecule is Clc1ccc(N2CCNC2)cc1. The van der Waals surface area contributed by atoms with Crippen LogP contribution in [-0.4, -0.2) is 19.8 Å². The van der Waals surface area contributed by atoms with E-state index in [0.717, 1.165) is 24.8 Å². The lowest BCUT2D eigenvalue weighted by Gasteiger charge is -2.15. The van der Waals surface area contributed by atoms with Crippen molar-refractivity contribution in [3.63, 3.8) is 0 Å². The minimum atomic E-state index is 0.797. The Hall–Kier alpha value is -0.730. The van der Waals surface area contributed by atoms with E-state index in [0.29, 0.717) is 0 Å². The molecule has 0 spiro atoms. The lowest BCUT2D eigenvalue weighted by atomic mass is 10.3. The van der Waals surface area contributed by atoms with Crippen LogP contribution in [0.25, 0.3) is 0 Å². The number of nitrogens with zero attached hydrogens (tertiary/aromatic N) is 1. The third-order valence-electron chi connectivity index (χ3n) is 2.05. The molecule has 0 amide bonds. The first-order valence-corrected chi connectivity index (χ1v) is 4.45. The van der Waals surface area contributed by atoms with Crippen LogP contribution in [0, 0.1) is 0 Å². The van der Waals surface area contributed by atoms with E-state index in [-0.39, 0.29) is 0 Å². The van der Waals surface area contributed by atoms with Gasteiger partial charge in [-0.3, -0.25) is 5.32 Å². The quantitative estimate of drug-likeness (QED) is 0.712. The topological polar surface area (TPSA) is 15.3 Å². The van der Waals surface area contributed by atoms with Crippen LogP contribution in [0.3, 0.4) is 0 Å². The Kier molecular flexibility index (Phi) is 2.19. The van der Waals surface area contributed by atoms with Gasteiger partial charge in [0.1, 0.15) is 0 Å². The fourth-order valence-corrected chi connectivity index (χ4v) is 1.51. The van der Waals surface area contributed by atoms with E-state index in [2.05, 4.69) is 22.3 Å². The molecule has 1 aromatic rings. The van der Waals surface area contributed by atoms with E-state index in [9.17, 15) is 0 Å². The van der Waals surface area contributed by atoms with Crippen LogP contribution in [0.1, 0.15) is 0 Å². The Bertz CT molecular complexity index is 252. The summed E-state index contributed by atoms with van der Waals surface area (Å²) < 4.78 is 0. The minimum absolute atomic E-state index is 0.797. The van der Waals surface area contributed by atoms with Gasteiger partial charge in [-0.1, -0.05) is 11.6 Å². The summed E-state index contributed by atoms with van der Waals surface area (Å²) in [7, 11) is 0.